The van der Waals surface area contributed by atoms with Gasteiger partial charge < -0.3 is 24.6 Å². The predicted molar refractivity (Wildman–Crippen MR) is 57.9 cm³/mol. The smallest absolute Gasteiger partial charge is 0.431 e. The fourth-order valence-corrected chi connectivity index (χ4v) is 0.872. The van der Waals surface area contributed by atoms with E-state index in [0.717, 1.165) is 5.48 Å². The van der Waals surface area contributed by atoms with E-state index in [1.165, 1.54) is 5.48 Å². The summed E-state index contributed by atoms with van der Waals surface area (Å²) in [6.45, 7) is -1.37. The van der Waals surface area contributed by atoms with Crippen LogP contribution < -0.4 is 16.3 Å². The molecule has 0 aliphatic carbocycles. The molecule has 3 amide bonds. The Balaban J connectivity index is 4.19. The summed E-state index contributed by atoms with van der Waals surface area (Å²) < 4.78 is 13.5. The van der Waals surface area contributed by atoms with Gasteiger partial charge in [-0.2, -0.15) is 0 Å². The summed E-state index contributed by atoms with van der Waals surface area (Å²) in [6, 6.07) is 0. The standard InChI is InChI=1S/C8H15N3O9/c12-2-1-9-6(13)18-3-5(20-8(15)11-17)4-19-7(14)10-16/h5,12,16-17H,1-4H2,(H,9,13)(H,10,14)(H,11,15). The molecule has 0 bridgehead atoms. The van der Waals surface area contributed by atoms with Crippen LogP contribution in [-0.4, -0.2) is 66.3 Å². The highest BCUT2D eigenvalue weighted by atomic mass is 16.7. The molecule has 0 aromatic rings. The lowest BCUT2D eigenvalue weighted by Crippen LogP contribution is -2.37. The van der Waals surface area contributed by atoms with Crippen LogP contribution in [0.4, 0.5) is 14.4 Å². The van der Waals surface area contributed by atoms with Gasteiger partial charge in [0.25, 0.3) is 0 Å². The molecule has 0 rings (SSSR count). The molecular weight excluding hydrogens is 282 g/mol. The van der Waals surface area contributed by atoms with Crippen LogP contribution in [0.2, 0.25) is 0 Å². The maximum absolute atomic E-state index is 11.0. The van der Waals surface area contributed by atoms with Crippen LogP contribution in [0.3, 0.4) is 0 Å². The molecule has 0 aliphatic heterocycles. The van der Waals surface area contributed by atoms with E-state index in [-0.39, 0.29) is 13.2 Å². The first-order valence-corrected chi connectivity index (χ1v) is 5.22. The number of ether oxygens (including phenoxy) is 3. The molecule has 12 nitrogen and oxygen atoms in total. The zero-order valence-corrected chi connectivity index (χ0v) is 10.2. The number of alkyl carbamates (subject to hydrolysis) is 1. The van der Waals surface area contributed by atoms with Gasteiger partial charge in [-0.3, -0.25) is 10.4 Å². The Labute approximate surface area is 112 Å². The van der Waals surface area contributed by atoms with Crippen LogP contribution in [-0.2, 0) is 14.2 Å². The van der Waals surface area contributed by atoms with Gasteiger partial charge in [0.2, 0.25) is 0 Å². The highest BCUT2D eigenvalue weighted by Gasteiger charge is 2.19. The van der Waals surface area contributed by atoms with Gasteiger partial charge in [0.1, 0.15) is 13.2 Å². The topological polar surface area (TPSA) is 176 Å². The summed E-state index contributed by atoms with van der Waals surface area (Å²) in [5.41, 5.74) is 2.33. The normalized spacial score (nSPS) is 10.9. The summed E-state index contributed by atoms with van der Waals surface area (Å²) in [6.07, 6.45) is -4.60. The largest absolute Gasteiger partial charge is 0.445 e. The van der Waals surface area contributed by atoms with Crippen molar-refractivity contribution in [2.75, 3.05) is 26.4 Å². The Bertz CT molecular complexity index is 324. The van der Waals surface area contributed by atoms with Crippen molar-refractivity contribution in [3.05, 3.63) is 0 Å². The number of amides is 3. The molecule has 0 fully saturated rings. The highest BCUT2D eigenvalue weighted by molar-refractivity contribution is 5.68. The molecular formula is C8H15N3O9. The lowest BCUT2D eigenvalue weighted by molar-refractivity contribution is -0.0116. The Morgan fingerprint density at radius 1 is 0.950 bits per heavy atom. The monoisotopic (exact) mass is 297 g/mol. The first-order valence-electron chi connectivity index (χ1n) is 5.22. The maximum atomic E-state index is 11.0. The SMILES string of the molecule is O=C(NO)OCC(COC(=O)NCCO)OC(=O)NO. The van der Waals surface area contributed by atoms with Crippen LogP contribution in [0.25, 0.3) is 0 Å². The highest BCUT2D eigenvalue weighted by Crippen LogP contribution is 1.97. The predicted octanol–water partition coefficient (Wildman–Crippen LogP) is -1.70. The Kier molecular flexibility index (Phi) is 9.37. The van der Waals surface area contributed by atoms with Crippen LogP contribution >= 0.6 is 0 Å². The van der Waals surface area contributed by atoms with Crippen molar-refractivity contribution in [2.45, 2.75) is 6.10 Å². The second kappa shape index (κ2) is 10.6. The Morgan fingerprint density at radius 2 is 1.50 bits per heavy atom. The molecule has 1 unspecified atom stereocenters. The first-order chi connectivity index (χ1) is 9.53. The Hall–Kier alpha value is -2.31. The van der Waals surface area contributed by atoms with Crippen molar-refractivity contribution in [2.24, 2.45) is 0 Å². The van der Waals surface area contributed by atoms with Gasteiger partial charge in [0.05, 0.1) is 6.61 Å². The summed E-state index contributed by atoms with van der Waals surface area (Å²) >= 11 is 0. The third kappa shape index (κ3) is 8.73. The quantitative estimate of drug-likeness (QED) is 0.182. The van der Waals surface area contributed by atoms with E-state index in [1.54, 1.807) is 0 Å². The van der Waals surface area contributed by atoms with Crippen molar-refractivity contribution >= 4 is 18.3 Å². The summed E-state index contributed by atoms with van der Waals surface area (Å²) in [5, 5.41) is 27.1. The van der Waals surface area contributed by atoms with Crippen LogP contribution in [0, 0.1) is 0 Å². The molecule has 0 saturated heterocycles. The fraction of sp³-hybridized carbons (Fsp3) is 0.625. The number of nitrogens with one attached hydrogen (secondary N) is 3. The second-order valence-corrected chi connectivity index (χ2v) is 3.10. The number of carbonyl (C=O) groups excluding carboxylic acids is 3. The number of aliphatic hydroxyl groups is 1. The van der Waals surface area contributed by atoms with Crippen molar-refractivity contribution in [3.8, 4) is 0 Å². The van der Waals surface area contributed by atoms with Crippen molar-refractivity contribution in [3.63, 3.8) is 0 Å². The van der Waals surface area contributed by atoms with E-state index in [9.17, 15) is 14.4 Å². The van der Waals surface area contributed by atoms with Crippen molar-refractivity contribution < 1.29 is 44.1 Å². The summed E-state index contributed by atoms with van der Waals surface area (Å²) in [7, 11) is 0. The first kappa shape index (κ1) is 17.7. The number of carbonyl (C=O) groups is 3. The molecule has 0 aromatic carbocycles. The average Bonchev–Trinajstić information content (AvgIpc) is 2.46. The molecule has 12 heteroatoms. The summed E-state index contributed by atoms with van der Waals surface area (Å²) in [4.78, 5) is 32.4. The number of aliphatic hydroxyl groups excluding tert-OH is 1. The lowest BCUT2D eigenvalue weighted by Gasteiger charge is -2.17. The molecule has 0 aliphatic rings. The fourth-order valence-electron chi connectivity index (χ4n) is 0.872. The molecule has 116 valence electrons. The van der Waals surface area contributed by atoms with Crippen LogP contribution in [0.1, 0.15) is 0 Å². The number of rotatable bonds is 7. The molecule has 20 heavy (non-hydrogen) atoms. The third-order valence-corrected chi connectivity index (χ3v) is 1.64. The van der Waals surface area contributed by atoms with E-state index in [1.807, 2.05) is 0 Å². The maximum Gasteiger partial charge on any atom is 0.431 e. The van der Waals surface area contributed by atoms with Gasteiger partial charge in [-0.05, 0) is 0 Å². The van der Waals surface area contributed by atoms with Gasteiger partial charge in [-0.1, -0.05) is 0 Å². The molecule has 1 atom stereocenters. The molecule has 0 aromatic heterocycles. The Morgan fingerprint density at radius 3 is 2.00 bits per heavy atom. The molecule has 0 saturated carbocycles. The van der Waals surface area contributed by atoms with Gasteiger partial charge in [0, 0.05) is 6.54 Å². The van der Waals surface area contributed by atoms with E-state index in [4.69, 9.17) is 15.5 Å². The number of hydrogen-bond donors (Lipinski definition) is 6. The minimum absolute atomic E-state index is 0.0368. The lowest BCUT2D eigenvalue weighted by atomic mass is 10.4. The molecule has 6 N–H and O–H groups in total. The second-order valence-electron chi connectivity index (χ2n) is 3.10. The molecule has 0 spiro atoms. The van der Waals surface area contributed by atoms with Crippen molar-refractivity contribution in [1.29, 1.82) is 0 Å². The van der Waals surface area contributed by atoms with E-state index >= 15 is 0 Å². The average molecular weight is 297 g/mol. The number of hydrogen-bond acceptors (Lipinski definition) is 9. The van der Waals surface area contributed by atoms with Crippen LogP contribution in [0.15, 0.2) is 0 Å². The third-order valence-electron chi connectivity index (χ3n) is 1.64. The molecule has 0 heterocycles. The molecule has 0 radical (unpaired) electrons. The minimum Gasteiger partial charge on any atom is -0.445 e. The van der Waals surface area contributed by atoms with Gasteiger partial charge >= 0.3 is 18.3 Å². The summed E-state index contributed by atoms with van der Waals surface area (Å²) in [5.74, 6) is 0. The van der Waals surface area contributed by atoms with Gasteiger partial charge in [-0.15, -0.1) is 0 Å². The zero-order valence-electron chi connectivity index (χ0n) is 10.2. The van der Waals surface area contributed by atoms with Crippen LogP contribution in [0.5, 0.6) is 0 Å². The van der Waals surface area contributed by atoms with E-state index < -0.39 is 37.6 Å². The van der Waals surface area contributed by atoms with Gasteiger partial charge in [0.15, 0.2) is 6.10 Å². The van der Waals surface area contributed by atoms with Gasteiger partial charge in [-0.25, -0.2) is 25.3 Å². The van der Waals surface area contributed by atoms with E-state index in [0.29, 0.717) is 0 Å². The van der Waals surface area contributed by atoms with Crippen molar-refractivity contribution in [1.82, 2.24) is 16.3 Å². The van der Waals surface area contributed by atoms with E-state index in [2.05, 4.69) is 19.5 Å². The zero-order chi connectivity index (χ0) is 15.4. The minimum atomic E-state index is -1.26. The number of hydroxylamine groups is 2.